The van der Waals surface area contributed by atoms with E-state index in [4.69, 9.17) is 5.11 Å². The minimum Gasteiger partial charge on any atom is -0.480 e. The molecule has 9 heteroatoms. The first kappa shape index (κ1) is 19.0. The number of amides is 1. The fourth-order valence-corrected chi connectivity index (χ4v) is 3.17. The van der Waals surface area contributed by atoms with Crippen LogP contribution in [0.2, 0.25) is 0 Å². The van der Waals surface area contributed by atoms with E-state index in [1.165, 1.54) is 19.1 Å². The molecule has 1 rings (SSSR count). The third kappa shape index (κ3) is 5.00. The SMILES string of the molecule is CC(C)[C@H](NS(=O)(=O)c1ccccc1F)C(=O)N[C@H](C)C(=O)O. The lowest BCUT2D eigenvalue weighted by molar-refractivity contribution is -0.141. The number of benzene rings is 1. The molecular formula is C14H19FN2O5S. The second-order valence-corrected chi connectivity index (χ2v) is 7.02. The Morgan fingerprint density at radius 3 is 2.22 bits per heavy atom. The zero-order valence-electron chi connectivity index (χ0n) is 12.9. The number of carbonyl (C=O) groups excluding carboxylic acids is 1. The lowest BCUT2D eigenvalue weighted by Gasteiger charge is -2.22. The van der Waals surface area contributed by atoms with E-state index in [-0.39, 0.29) is 0 Å². The molecule has 23 heavy (non-hydrogen) atoms. The van der Waals surface area contributed by atoms with E-state index in [0.29, 0.717) is 0 Å². The van der Waals surface area contributed by atoms with Gasteiger partial charge in [-0.2, -0.15) is 4.72 Å². The zero-order chi connectivity index (χ0) is 17.8. The number of sulfonamides is 1. The van der Waals surface area contributed by atoms with Gasteiger partial charge in [-0.05, 0) is 25.0 Å². The first-order chi connectivity index (χ1) is 10.6. The van der Waals surface area contributed by atoms with Crippen molar-refractivity contribution in [2.45, 2.75) is 37.8 Å². The highest BCUT2D eigenvalue weighted by Crippen LogP contribution is 2.15. The predicted molar refractivity (Wildman–Crippen MR) is 80.6 cm³/mol. The highest BCUT2D eigenvalue weighted by molar-refractivity contribution is 7.89. The smallest absolute Gasteiger partial charge is 0.325 e. The Morgan fingerprint density at radius 1 is 1.17 bits per heavy atom. The highest BCUT2D eigenvalue weighted by Gasteiger charge is 2.31. The molecule has 0 unspecified atom stereocenters. The third-order valence-electron chi connectivity index (χ3n) is 3.09. The van der Waals surface area contributed by atoms with E-state index < -0.39 is 50.6 Å². The summed E-state index contributed by atoms with van der Waals surface area (Å²) >= 11 is 0. The Labute approximate surface area is 133 Å². The molecule has 2 atom stereocenters. The van der Waals surface area contributed by atoms with Gasteiger partial charge >= 0.3 is 5.97 Å². The highest BCUT2D eigenvalue weighted by atomic mass is 32.2. The number of aliphatic carboxylic acids is 1. The van der Waals surface area contributed by atoms with Gasteiger partial charge in [-0.3, -0.25) is 9.59 Å². The predicted octanol–water partition coefficient (Wildman–Crippen LogP) is 0.718. The summed E-state index contributed by atoms with van der Waals surface area (Å²) < 4.78 is 40.3. The molecule has 0 saturated carbocycles. The van der Waals surface area contributed by atoms with Crippen LogP contribution in [0, 0.1) is 11.7 Å². The van der Waals surface area contributed by atoms with Crippen molar-refractivity contribution in [1.82, 2.24) is 10.0 Å². The molecule has 0 aliphatic rings. The standard InChI is InChI=1S/C14H19FN2O5S/c1-8(2)12(13(18)16-9(3)14(19)20)17-23(21,22)11-7-5-4-6-10(11)15/h4-9,12,17H,1-3H3,(H,16,18)(H,19,20)/t9-,12+/m1/s1. The quantitative estimate of drug-likeness (QED) is 0.673. The average molecular weight is 346 g/mol. The second-order valence-electron chi connectivity index (χ2n) is 5.34. The molecule has 0 fully saturated rings. The van der Waals surface area contributed by atoms with Crippen molar-refractivity contribution in [3.63, 3.8) is 0 Å². The Kier molecular flexibility index (Phi) is 6.22. The minimum atomic E-state index is -4.27. The summed E-state index contributed by atoms with van der Waals surface area (Å²) in [6.45, 7) is 4.42. The topological polar surface area (TPSA) is 113 Å². The first-order valence-corrected chi connectivity index (χ1v) is 8.34. The lowest BCUT2D eigenvalue weighted by atomic mass is 10.0. The van der Waals surface area contributed by atoms with Crippen LogP contribution < -0.4 is 10.0 Å². The van der Waals surface area contributed by atoms with E-state index in [2.05, 4.69) is 10.0 Å². The molecule has 0 radical (unpaired) electrons. The van der Waals surface area contributed by atoms with Crippen molar-refractivity contribution in [3.05, 3.63) is 30.1 Å². The number of hydrogen-bond acceptors (Lipinski definition) is 4. The van der Waals surface area contributed by atoms with Gasteiger partial charge in [-0.25, -0.2) is 12.8 Å². The van der Waals surface area contributed by atoms with Gasteiger partial charge in [0, 0.05) is 0 Å². The normalized spacial score (nSPS) is 14.3. The Bertz CT molecular complexity index is 690. The molecule has 0 aliphatic heterocycles. The molecule has 0 saturated heterocycles. The molecule has 0 aliphatic carbocycles. The van der Waals surface area contributed by atoms with Gasteiger partial charge in [0.15, 0.2) is 0 Å². The van der Waals surface area contributed by atoms with Crippen LogP contribution in [0.25, 0.3) is 0 Å². The summed E-state index contributed by atoms with van der Waals surface area (Å²) in [5, 5.41) is 11.0. The summed E-state index contributed by atoms with van der Waals surface area (Å²) in [5.41, 5.74) is 0. The van der Waals surface area contributed by atoms with Gasteiger partial charge in [0.05, 0.1) is 0 Å². The molecule has 1 amide bonds. The van der Waals surface area contributed by atoms with Gasteiger partial charge in [0.2, 0.25) is 15.9 Å². The molecule has 3 N–H and O–H groups in total. The summed E-state index contributed by atoms with van der Waals surface area (Å²) in [5.74, 6) is -3.47. The van der Waals surface area contributed by atoms with Crippen molar-refractivity contribution >= 4 is 21.9 Å². The van der Waals surface area contributed by atoms with E-state index in [1.807, 2.05) is 0 Å². The van der Waals surface area contributed by atoms with Gasteiger partial charge in [0.1, 0.15) is 22.8 Å². The van der Waals surface area contributed by atoms with Crippen LogP contribution in [0.15, 0.2) is 29.2 Å². The molecule has 7 nitrogen and oxygen atoms in total. The number of rotatable bonds is 7. The summed E-state index contributed by atoms with van der Waals surface area (Å²) in [4.78, 5) is 22.3. The van der Waals surface area contributed by atoms with E-state index in [9.17, 15) is 22.4 Å². The van der Waals surface area contributed by atoms with Crippen LogP contribution >= 0.6 is 0 Å². The lowest BCUT2D eigenvalue weighted by Crippen LogP contribution is -2.52. The van der Waals surface area contributed by atoms with Crippen molar-refractivity contribution in [3.8, 4) is 0 Å². The molecule has 0 aromatic heterocycles. The summed E-state index contributed by atoms with van der Waals surface area (Å²) in [7, 11) is -4.27. The Balaban J connectivity index is 3.02. The number of carboxylic acids is 1. The fraction of sp³-hybridized carbons (Fsp3) is 0.429. The molecule has 0 heterocycles. The molecule has 1 aromatic rings. The van der Waals surface area contributed by atoms with Crippen LogP contribution in [-0.2, 0) is 19.6 Å². The van der Waals surface area contributed by atoms with Crippen LogP contribution in [0.4, 0.5) is 4.39 Å². The number of carbonyl (C=O) groups is 2. The maximum atomic E-state index is 13.7. The fourth-order valence-electron chi connectivity index (χ4n) is 1.75. The maximum absolute atomic E-state index is 13.7. The van der Waals surface area contributed by atoms with Gasteiger partial charge in [-0.15, -0.1) is 0 Å². The number of halogens is 1. The second kappa shape index (κ2) is 7.51. The van der Waals surface area contributed by atoms with Crippen LogP contribution in [0.1, 0.15) is 20.8 Å². The Morgan fingerprint density at radius 2 is 1.74 bits per heavy atom. The third-order valence-corrected chi connectivity index (χ3v) is 4.56. The maximum Gasteiger partial charge on any atom is 0.325 e. The van der Waals surface area contributed by atoms with Crippen molar-refractivity contribution in [2.75, 3.05) is 0 Å². The molecule has 0 bridgehead atoms. The summed E-state index contributed by atoms with van der Waals surface area (Å²) in [6, 6.07) is 2.35. The van der Waals surface area contributed by atoms with Crippen LogP contribution in [-0.4, -0.2) is 37.5 Å². The van der Waals surface area contributed by atoms with E-state index >= 15 is 0 Å². The van der Waals surface area contributed by atoms with Gasteiger partial charge in [0.25, 0.3) is 0 Å². The van der Waals surface area contributed by atoms with Crippen molar-refractivity contribution < 1.29 is 27.5 Å². The monoisotopic (exact) mass is 346 g/mol. The number of hydrogen-bond donors (Lipinski definition) is 3. The minimum absolute atomic E-state index is 0.474. The van der Waals surface area contributed by atoms with Crippen molar-refractivity contribution in [1.29, 1.82) is 0 Å². The van der Waals surface area contributed by atoms with Gasteiger partial charge in [-0.1, -0.05) is 26.0 Å². The molecular weight excluding hydrogens is 327 g/mol. The average Bonchev–Trinajstić information content (AvgIpc) is 2.44. The number of nitrogens with one attached hydrogen (secondary N) is 2. The number of carboxylic acid groups (broad SMARTS) is 1. The van der Waals surface area contributed by atoms with E-state index in [1.54, 1.807) is 13.8 Å². The Hall–Kier alpha value is -2.00. The largest absolute Gasteiger partial charge is 0.480 e. The van der Waals surface area contributed by atoms with Crippen LogP contribution in [0.3, 0.4) is 0 Å². The molecule has 1 aromatic carbocycles. The van der Waals surface area contributed by atoms with E-state index in [0.717, 1.165) is 12.1 Å². The molecule has 128 valence electrons. The first-order valence-electron chi connectivity index (χ1n) is 6.86. The van der Waals surface area contributed by atoms with Crippen LogP contribution in [0.5, 0.6) is 0 Å². The van der Waals surface area contributed by atoms with Crippen molar-refractivity contribution in [2.24, 2.45) is 5.92 Å². The van der Waals surface area contributed by atoms with Gasteiger partial charge < -0.3 is 10.4 Å². The molecule has 0 spiro atoms. The summed E-state index contributed by atoms with van der Waals surface area (Å²) in [6.07, 6.45) is 0. The zero-order valence-corrected chi connectivity index (χ0v) is 13.7.